The van der Waals surface area contributed by atoms with Gasteiger partial charge in [-0.05, 0) is 85.4 Å². The minimum atomic E-state index is -0.324. The van der Waals surface area contributed by atoms with Crippen LogP contribution in [0.25, 0.3) is 65.4 Å². The van der Waals surface area contributed by atoms with Crippen LogP contribution in [0.1, 0.15) is 22.9 Å². The molecular formula is C45H29N3O. The molecule has 1 aliphatic rings. The van der Waals surface area contributed by atoms with Crippen LogP contribution >= 0.6 is 0 Å². The Hall–Kier alpha value is -6.52. The fraction of sp³-hybridized carbons (Fsp3) is 0.0222. The highest BCUT2D eigenvalue weighted by Crippen LogP contribution is 2.40. The largest absolute Gasteiger partial charge is 0.456 e. The SMILES string of the molecule is c1ccc2cc(C3=NC(c4cc(-c5cccc6oc7ccccc7c56)c5ccccc5c4)=NC(c4ccc5ccccc5c4)N3)ccc2c1. The summed E-state index contributed by atoms with van der Waals surface area (Å²) >= 11 is 0. The van der Waals surface area contributed by atoms with Gasteiger partial charge in [-0.1, -0.05) is 127 Å². The highest BCUT2D eigenvalue weighted by Gasteiger charge is 2.23. The lowest BCUT2D eigenvalue weighted by atomic mass is 9.92. The van der Waals surface area contributed by atoms with Crippen LogP contribution in [0.15, 0.2) is 178 Å². The molecule has 1 unspecified atom stereocenters. The number of amidine groups is 2. The summed E-state index contributed by atoms with van der Waals surface area (Å²) in [5, 5.41) is 13.0. The quantitative estimate of drug-likeness (QED) is 0.211. The van der Waals surface area contributed by atoms with E-state index in [0.29, 0.717) is 5.84 Å². The van der Waals surface area contributed by atoms with Crippen LogP contribution in [0.4, 0.5) is 0 Å². The maximum atomic E-state index is 6.31. The van der Waals surface area contributed by atoms with Gasteiger partial charge in [0, 0.05) is 21.9 Å². The number of fused-ring (bicyclic) bond motifs is 6. The highest BCUT2D eigenvalue weighted by molar-refractivity contribution is 6.18. The van der Waals surface area contributed by atoms with Gasteiger partial charge in [-0.25, -0.2) is 9.98 Å². The molecule has 0 amide bonds. The van der Waals surface area contributed by atoms with Crippen LogP contribution < -0.4 is 5.32 Å². The van der Waals surface area contributed by atoms with E-state index in [0.717, 1.165) is 61.0 Å². The summed E-state index contributed by atoms with van der Waals surface area (Å²) in [6.45, 7) is 0. The van der Waals surface area contributed by atoms with E-state index in [-0.39, 0.29) is 6.17 Å². The zero-order valence-electron chi connectivity index (χ0n) is 26.5. The number of rotatable bonds is 4. The van der Waals surface area contributed by atoms with Crippen LogP contribution in [0.2, 0.25) is 0 Å². The van der Waals surface area contributed by atoms with Gasteiger partial charge in [0.1, 0.15) is 23.2 Å². The predicted octanol–water partition coefficient (Wildman–Crippen LogP) is 11.2. The highest BCUT2D eigenvalue weighted by atomic mass is 16.3. The zero-order chi connectivity index (χ0) is 32.3. The number of nitrogens with zero attached hydrogens (tertiary/aromatic N) is 2. The molecule has 1 aliphatic heterocycles. The topological polar surface area (TPSA) is 49.9 Å². The van der Waals surface area contributed by atoms with Crippen molar-refractivity contribution >= 4 is 65.9 Å². The molecule has 0 fully saturated rings. The molecule has 0 radical (unpaired) electrons. The van der Waals surface area contributed by atoms with Crippen LogP contribution in [0, 0.1) is 0 Å². The molecule has 0 spiro atoms. The van der Waals surface area contributed by atoms with Gasteiger partial charge in [0.25, 0.3) is 0 Å². The van der Waals surface area contributed by atoms with Crippen LogP contribution in [0.5, 0.6) is 0 Å². The predicted molar refractivity (Wildman–Crippen MR) is 204 cm³/mol. The van der Waals surface area contributed by atoms with Crippen molar-refractivity contribution in [3.63, 3.8) is 0 Å². The molecule has 230 valence electrons. The second kappa shape index (κ2) is 11.0. The first-order chi connectivity index (χ1) is 24.2. The number of aliphatic imine (C=N–C) groups is 2. The van der Waals surface area contributed by atoms with Gasteiger partial charge in [0.05, 0.1) is 0 Å². The van der Waals surface area contributed by atoms with Crippen LogP contribution in [-0.4, -0.2) is 11.7 Å². The molecule has 1 N–H and O–H groups in total. The van der Waals surface area contributed by atoms with Gasteiger partial charge in [0.2, 0.25) is 0 Å². The molecule has 8 aromatic carbocycles. The minimum absolute atomic E-state index is 0.324. The summed E-state index contributed by atoms with van der Waals surface area (Å²) in [5.74, 6) is 1.49. The van der Waals surface area contributed by atoms with Crippen molar-refractivity contribution in [2.45, 2.75) is 6.17 Å². The molecule has 49 heavy (non-hydrogen) atoms. The standard InChI is InChI=1S/C45H29N3O/c1-3-12-30-24-33(22-20-28(30)10-1)43-46-44(34-23-21-29-11-2-4-13-31(29)25-34)48-45(47-43)35-26-32-14-5-6-15-36(32)39(27-35)37-17-9-19-41-42(37)38-16-7-8-18-40(38)49-41/h1-27,43H,(H,46,47,48). The number of nitrogens with one attached hydrogen (secondary N) is 1. The number of benzene rings is 8. The van der Waals surface area contributed by atoms with Gasteiger partial charge in [-0.2, -0.15) is 0 Å². The third-order valence-electron chi connectivity index (χ3n) is 9.67. The Morgan fingerprint density at radius 3 is 1.96 bits per heavy atom. The van der Waals surface area contributed by atoms with Crippen LogP contribution in [-0.2, 0) is 0 Å². The lowest BCUT2D eigenvalue weighted by molar-refractivity contribution is 0.669. The second-order valence-electron chi connectivity index (χ2n) is 12.7. The molecular weight excluding hydrogens is 599 g/mol. The zero-order valence-corrected chi connectivity index (χ0v) is 26.5. The summed E-state index contributed by atoms with van der Waals surface area (Å²) in [4.78, 5) is 10.6. The third-order valence-corrected chi connectivity index (χ3v) is 9.67. The van der Waals surface area contributed by atoms with Crippen molar-refractivity contribution in [1.82, 2.24) is 5.32 Å². The summed E-state index contributed by atoms with van der Waals surface area (Å²) < 4.78 is 6.31. The Morgan fingerprint density at radius 1 is 0.469 bits per heavy atom. The van der Waals surface area contributed by atoms with Crippen molar-refractivity contribution in [2.24, 2.45) is 9.98 Å². The van der Waals surface area contributed by atoms with Crippen molar-refractivity contribution in [3.05, 3.63) is 180 Å². The van der Waals surface area contributed by atoms with Gasteiger partial charge < -0.3 is 9.73 Å². The molecule has 0 saturated carbocycles. The van der Waals surface area contributed by atoms with Crippen molar-refractivity contribution in [3.8, 4) is 11.1 Å². The molecule has 9 aromatic rings. The molecule has 2 heterocycles. The van der Waals surface area contributed by atoms with E-state index in [2.05, 4.69) is 157 Å². The van der Waals surface area contributed by atoms with Gasteiger partial charge >= 0.3 is 0 Å². The van der Waals surface area contributed by atoms with Crippen molar-refractivity contribution in [2.75, 3.05) is 0 Å². The molecule has 0 aliphatic carbocycles. The first kappa shape index (κ1) is 27.6. The lowest BCUT2D eigenvalue weighted by Gasteiger charge is -2.24. The Bertz CT molecular complexity index is 2820. The average Bonchev–Trinajstić information content (AvgIpc) is 3.56. The summed E-state index contributed by atoms with van der Waals surface area (Å²) in [5.41, 5.74) is 7.07. The molecule has 1 aromatic heterocycles. The van der Waals surface area contributed by atoms with Crippen molar-refractivity contribution < 1.29 is 4.42 Å². The minimum Gasteiger partial charge on any atom is -0.456 e. The fourth-order valence-corrected chi connectivity index (χ4v) is 7.27. The smallest absolute Gasteiger partial charge is 0.159 e. The fourth-order valence-electron chi connectivity index (χ4n) is 7.27. The number of furan rings is 1. The molecule has 0 bridgehead atoms. The van der Waals surface area contributed by atoms with E-state index in [9.17, 15) is 0 Å². The molecule has 4 nitrogen and oxygen atoms in total. The summed E-state index contributed by atoms with van der Waals surface area (Å²) in [7, 11) is 0. The lowest BCUT2D eigenvalue weighted by Crippen LogP contribution is -2.33. The molecule has 0 saturated heterocycles. The Labute approximate surface area is 282 Å². The van der Waals surface area contributed by atoms with Gasteiger partial charge in [-0.3, -0.25) is 0 Å². The normalized spacial score (nSPS) is 14.7. The number of para-hydroxylation sites is 1. The molecule has 1 atom stereocenters. The maximum absolute atomic E-state index is 6.31. The van der Waals surface area contributed by atoms with Crippen molar-refractivity contribution in [1.29, 1.82) is 0 Å². The summed E-state index contributed by atoms with van der Waals surface area (Å²) in [6, 6.07) is 57.6. The van der Waals surface area contributed by atoms with E-state index < -0.39 is 0 Å². The van der Waals surface area contributed by atoms with E-state index >= 15 is 0 Å². The Balaban J connectivity index is 1.19. The first-order valence-corrected chi connectivity index (χ1v) is 16.6. The second-order valence-corrected chi connectivity index (χ2v) is 12.7. The van der Waals surface area contributed by atoms with Crippen LogP contribution in [0.3, 0.4) is 0 Å². The first-order valence-electron chi connectivity index (χ1n) is 16.6. The number of hydrogen-bond acceptors (Lipinski definition) is 4. The van der Waals surface area contributed by atoms with Gasteiger partial charge in [0.15, 0.2) is 5.84 Å². The Morgan fingerprint density at radius 2 is 1.12 bits per heavy atom. The van der Waals surface area contributed by atoms with Gasteiger partial charge in [-0.15, -0.1) is 0 Å². The monoisotopic (exact) mass is 627 g/mol. The number of hydrogen-bond donors (Lipinski definition) is 1. The van der Waals surface area contributed by atoms with E-state index in [4.69, 9.17) is 14.4 Å². The summed E-state index contributed by atoms with van der Waals surface area (Å²) in [6.07, 6.45) is -0.324. The molecule has 10 rings (SSSR count). The van der Waals surface area contributed by atoms with E-state index in [1.807, 2.05) is 12.1 Å². The third kappa shape index (κ3) is 4.68. The maximum Gasteiger partial charge on any atom is 0.159 e. The van der Waals surface area contributed by atoms with E-state index in [1.165, 1.54) is 26.9 Å². The average molecular weight is 628 g/mol. The Kier molecular flexibility index (Phi) is 6.21. The van der Waals surface area contributed by atoms with E-state index in [1.54, 1.807) is 0 Å². The molecule has 4 heteroatoms.